The molecule has 0 amide bonds. The van der Waals surface area contributed by atoms with E-state index >= 15 is 0 Å². The molecule has 0 spiro atoms. The SMILES string of the molecule is O=C(O)c1c(C(F)F)cnc(I)c1[N+](=O)[O-]. The van der Waals surface area contributed by atoms with Crippen LogP contribution in [0.15, 0.2) is 6.20 Å². The molecule has 0 aliphatic carbocycles. The van der Waals surface area contributed by atoms with Crippen molar-refractivity contribution in [3.8, 4) is 0 Å². The zero-order chi connectivity index (χ0) is 12.5. The molecule has 16 heavy (non-hydrogen) atoms. The van der Waals surface area contributed by atoms with Gasteiger partial charge in [-0.15, -0.1) is 0 Å². The van der Waals surface area contributed by atoms with E-state index in [0.717, 1.165) is 0 Å². The molecule has 1 aromatic heterocycles. The van der Waals surface area contributed by atoms with Gasteiger partial charge in [-0.05, 0) is 22.6 Å². The van der Waals surface area contributed by atoms with Crippen LogP contribution in [-0.4, -0.2) is 21.0 Å². The Morgan fingerprint density at radius 1 is 1.62 bits per heavy atom. The lowest BCUT2D eigenvalue weighted by Crippen LogP contribution is -2.10. The number of pyridine rings is 1. The number of hydrogen-bond donors (Lipinski definition) is 1. The van der Waals surface area contributed by atoms with Gasteiger partial charge in [0.05, 0.1) is 10.5 Å². The van der Waals surface area contributed by atoms with Crippen LogP contribution in [0.5, 0.6) is 0 Å². The summed E-state index contributed by atoms with van der Waals surface area (Å²) in [5.41, 5.74) is -2.88. The number of aromatic carboxylic acids is 1. The molecule has 86 valence electrons. The minimum Gasteiger partial charge on any atom is -0.477 e. The average Bonchev–Trinajstić information content (AvgIpc) is 2.15. The third-order valence-electron chi connectivity index (χ3n) is 1.67. The highest BCUT2D eigenvalue weighted by Crippen LogP contribution is 2.31. The molecule has 0 aliphatic heterocycles. The van der Waals surface area contributed by atoms with Crippen molar-refractivity contribution in [2.24, 2.45) is 0 Å². The Morgan fingerprint density at radius 2 is 2.19 bits per heavy atom. The van der Waals surface area contributed by atoms with Crippen LogP contribution in [0.25, 0.3) is 0 Å². The van der Waals surface area contributed by atoms with Gasteiger partial charge in [-0.1, -0.05) is 0 Å². The zero-order valence-electron chi connectivity index (χ0n) is 7.35. The molecule has 6 nitrogen and oxygen atoms in total. The molecule has 1 rings (SSSR count). The quantitative estimate of drug-likeness (QED) is 0.393. The Labute approximate surface area is 101 Å². The maximum atomic E-state index is 12.4. The number of hydrogen-bond acceptors (Lipinski definition) is 4. The first kappa shape index (κ1) is 12.7. The van der Waals surface area contributed by atoms with Crippen molar-refractivity contribution >= 4 is 34.2 Å². The molecule has 1 N–H and O–H groups in total. The molecule has 0 aliphatic rings. The van der Waals surface area contributed by atoms with Gasteiger partial charge < -0.3 is 5.11 Å². The number of alkyl halides is 2. The zero-order valence-corrected chi connectivity index (χ0v) is 9.51. The van der Waals surface area contributed by atoms with E-state index in [1.54, 1.807) is 0 Å². The standard InChI is InChI=1S/C7H3F2IN2O4/c8-5(9)2-1-11-6(10)4(12(15)16)3(2)7(13)14/h1,5H,(H,13,14). The lowest BCUT2D eigenvalue weighted by atomic mass is 10.1. The summed E-state index contributed by atoms with van der Waals surface area (Å²) in [6.45, 7) is 0. The van der Waals surface area contributed by atoms with Crippen molar-refractivity contribution in [3.05, 3.63) is 31.1 Å². The number of carboxylic acids is 1. The van der Waals surface area contributed by atoms with Gasteiger partial charge in [0.1, 0.15) is 0 Å². The van der Waals surface area contributed by atoms with Crippen molar-refractivity contribution in [2.45, 2.75) is 6.43 Å². The molecule has 0 radical (unpaired) electrons. The van der Waals surface area contributed by atoms with Crippen LogP contribution in [0.2, 0.25) is 0 Å². The molecule has 9 heteroatoms. The van der Waals surface area contributed by atoms with Crippen molar-refractivity contribution < 1.29 is 23.6 Å². The van der Waals surface area contributed by atoms with Crippen LogP contribution < -0.4 is 0 Å². The molecule has 0 atom stereocenters. The van der Waals surface area contributed by atoms with E-state index in [-0.39, 0.29) is 3.70 Å². The van der Waals surface area contributed by atoms with E-state index in [1.807, 2.05) is 0 Å². The highest BCUT2D eigenvalue weighted by Gasteiger charge is 2.31. The third-order valence-corrected chi connectivity index (χ3v) is 2.46. The van der Waals surface area contributed by atoms with Gasteiger partial charge >= 0.3 is 11.7 Å². The second kappa shape index (κ2) is 4.63. The van der Waals surface area contributed by atoms with Crippen LogP contribution >= 0.6 is 22.6 Å². The van der Waals surface area contributed by atoms with E-state index in [2.05, 4.69) is 4.98 Å². The minimum absolute atomic E-state index is 0.246. The third kappa shape index (κ3) is 2.23. The number of carbonyl (C=O) groups is 1. The lowest BCUT2D eigenvalue weighted by molar-refractivity contribution is -0.386. The summed E-state index contributed by atoms with van der Waals surface area (Å²) in [5, 5.41) is 19.3. The number of carboxylic acid groups (broad SMARTS) is 1. The predicted octanol–water partition coefficient (Wildman–Crippen LogP) is 2.23. The molecule has 1 aromatic rings. The van der Waals surface area contributed by atoms with Crippen molar-refractivity contribution in [1.82, 2.24) is 4.98 Å². The molecule has 1 heterocycles. The summed E-state index contributed by atoms with van der Waals surface area (Å²) in [4.78, 5) is 23.6. The first-order chi connectivity index (χ1) is 7.36. The maximum absolute atomic E-state index is 12.4. The summed E-state index contributed by atoms with van der Waals surface area (Å²) in [6, 6.07) is 0. The highest BCUT2D eigenvalue weighted by molar-refractivity contribution is 14.1. The maximum Gasteiger partial charge on any atom is 0.343 e. The van der Waals surface area contributed by atoms with Gasteiger partial charge in [0.15, 0.2) is 9.26 Å². The van der Waals surface area contributed by atoms with Crippen LogP contribution in [0.1, 0.15) is 22.3 Å². The molecule has 0 fully saturated rings. The average molecular weight is 344 g/mol. The first-order valence-electron chi connectivity index (χ1n) is 3.70. The van der Waals surface area contributed by atoms with Crippen LogP contribution in [0, 0.1) is 13.8 Å². The van der Waals surface area contributed by atoms with Crippen molar-refractivity contribution in [3.63, 3.8) is 0 Å². The summed E-state index contributed by atoms with van der Waals surface area (Å²) in [7, 11) is 0. The molecule has 0 saturated carbocycles. The van der Waals surface area contributed by atoms with E-state index < -0.39 is 34.1 Å². The topological polar surface area (TPSA) is 93.3 Å². The summed E-state index contributed by atoms with van der Waals surface area (Å²) < 4.78 is 24.6. The predicted molar refractivity (Wildman–Crippen MR) is 55.5 cm³/mol. The Hall–Kier alpha value is -1.39. The Bertz CT molecular complexity index is 466. The van der Waals surface area contributed by atoms with Gasteiger partial charge in [-0.25, -0.2) is 18.6 Å². The largest absolute Gasteiger partial charge is 0.477 e. The Balaban J connectivity index is 3.63. The molecule has 0 aromatic carbocycles. The first-order valence-corrected chi connectivity index (χ1v) is 4.78. The van der Waals surface area contributed by atoms with E-state index in [0.29, 0.717) is 6.20 Å². The number of nitrogens with zero attached hydrogens (tertiary/aromatic N) is 2. The highest BCUT2D eigenvalue weighted by atomic mass is 127. The number of nitro groups is 1. The second-order valence-electron chi connectivity index (χ2n) is 2.59. The van der Waals surface area contributed by atoms with Crippen LogP contribution in [-0.2, 0) is 0 Å². The van der Waals surface area contributed by atoms with Gasteiger partial charge in [0, 0.05) is 6.20 Å². The fraction of sp³-hybridized carbons (Fsp3) is 0.143. The van der Waals surface area contributed by atoms with E-state index in [9.17, 15) is 23.7 Å². The summed E-state index contributed by atoms with van der Waals surface area (Å²) in [6.07, 6.45) is -2.50. The van der Waals surface area contributed by atoms with Gasteiger partial charge in [0.2, 0.25) is 0 Å². The van der Waals surface area contributed by atoms with Crippen molar-refractivity contribution in [1.29, 1.82) is 0 Å². The normalized spacial score (nSPS) is 10.5. The molecular formula is C7H3F2IN2O4. The van der Waals surface area contributed by atoms with Gasteiger partial charge in [0.25, 0.3) is 6.43 Å². The minimum atomic E-state index is -3.13. The second-order valence-corrected chi connectivity index (χ2v) is 3.61. The fourth-order valence-corrected chi connectivity index (χ4v) is 1.65. The lowest BCUT2D eigenvalue weighted by Gasteiger charge is -2.05. The van der Waals surface area contributed by atoms with Crippen LogP contribution in [0.4, 0.5) is 14.5 Å². The number of rotatable bonds is 3. The fourth-order valence-electron chi connectivity index (χ4n) is 1.05. The summed E-state index contributed by atoms with van der Waals surface area (Å²) >= 11 is 1.41. The molecule has 0 unspecified atom stereocenters. The smallest absolute Gasteiger partial charge is 0.343 e. The van der Waals surface area contributed by atoms with E-state index in [4.69, 9.17) is 5.11 Å². The monoisotopic (exact) mass is 344 g/mol. The Kier molecular flexibility index (Phi) is 3.67. The Morgan fingerprint density at radius 3 is 2.56 bits per heavy atom. The van der Waals surface area contributed by atoms with E-state index in [1.165, 1.54) is 22.6 Å². The molecular weight excluding hydrogens is 341 g/mol. The van der Waals surface area contributed by atoms with Crippen LogP contribution in [0.3, 0.4) is 0 Å². The molecule has 0 bridgehead atoms. The van der Waals surface area contributed by atoms with Crippen molar-refractivity contribution in [2.75, 3.05) is 0 Å². The summed E-state index contributed by atoms with van der Waals surface area (Å²) in [5.74, 6) is -1.78. The molecule has 0 saturated heterocycles. The van der Waals surface area contributed by atoms with Gasteiger partial charge in [-0.3, -0.25) is 10.1 Å². The number of aromatic nitrogens is 1. The van der Waals surface area contributed by atoms with Gasteiger partial charge in [-0.2, -0.15) is 0 Å². The number of halogens is 3.